The summed E-state index contributed by atoms with van der Waals surface area (Å²) < 4.78 is 5.10. The molecular formula is C26H38NO2+. The molecule has 0 aromatic carbocycles. The Hall–Kier alpha value is -2.13. The van der Waals surface area contributed by atoms with Crippen molar-refractivity contribution >= 4 is 5.78 Å². The molecule has 1 aliphatic carbocycles. The second-order valence-corrected chi connectivity index (χ2v) is 7.92. The van der Waals surface area contributed by atoms with Crippen LogP contribution in [-0.4, -0.2) is 19.4 Å². The quantitative estimate of drug-likeness (QED) is 0.425. The summed E-state index contributed by atoms with van der Waals surface area (Å²) in [6, 6.07) is 0. The molecule has 1 heterocycles. The Morgan fingerprint density at radius 3 is 2.00 bits per heavy atom. The smallest absolute Gasteiger partial charge is 0.220 e. The van der Waals surface area contributed by atoms with Gasteiger partial charge >= 0.3 is 0 Å². The molecule has 0 saturated carbocycles. The van der Waals surface area contributed by atoms with Crippen molar-refractivity contribution in [2.45, 2.75) is 71.1 Å². The molecule has 2 aliphatic rings. The summed E-state index contributed by atoms with van der Waals surface area (Å²) in [5, 5.41) is 0. The lowest BCUT2D eigenvalue weighted by molar-refractivity contribution is -0.791. The van der Waals surface area contributed by atoms with Crippen molar-refractivity contribution in [3.63, 3.8) is 0 Å². The highest BCUT2D eigenvalue weighted by atomic mass is 16.5. The number of allylic oxidation sites excluding steroid dienone is 9. The van der Waals surface area contributed by atoms with E-state index in [1.165, 1.54) is 88.3 Å². The van der Waals surface area contributed by atoms with Crippen molar-refractivity contribution in [2.75, 3.05) is 13.7 Å². The minimum Gasteiger partial charge on any atom is -0.493 e. The van der Waals surface area contributed by atoms with Crippen LogP contribution in [0.25, 0.3) is 0 Å². The lowest BCUT2D eigenvalue weighted by atomic mass is 10.1. The molecule has 1 N–H and O–H groups in total. The highest BCUT2D eigenvalue weighted by Gasteiger charge is 2.11. The largest absolute Gasteiger partial charge is 0.493 e. The first kappa shape index (κ1) is 23.2. The van der Waals surface area contributed by atoms with Gasteiger partial charge in [-0.1, -0.05) is 76.5 Å². The summed E-state index contributed by atoms with van der Waals surface area (Å²) in [6.45, 7) is 3.44. The molecule has 1 aliphatic heterocycles. The van der Waals surface area contributed by atoms with Crippen molar-refractivity contribution in [3.05, 3.63) is 71.8 Å². The highest BCUT2D eigenvalue weighted by Crippen LogP contribution is 2.14. The molecule has 0 fully saturated rings. The maximum Gasteiger partial charge on any atom is 0.220 e. The molecular weight excluding hydrogens is 358 g/mol. The van der Waals surface area contributed by atoms with E-state index in [1.807, 2.05) is 12.2 Å². The maximum absolute atomic E-state index is 11.6. The van der Waals surface area contributed by atoms with Gasteiger partial charge in [0.25, 0.3) is 0 Å². The SMILES string of the molecule is CCCCCCCCCCCC[NH+]1C=CC(=CC=C2C=CC(=O)C(OC)=C2)C=C1. The Morgan fingerprint density at radius 2 is 1.38 bits per heavy atom. The summed E-state index contributed by atoms with van der Waals surface area (Å²) in [6.07, 6.45) is 31.8. The number of ether oxygens (including phenoxy) is 1. The average molecular weight is 397 g/mol. The van der Waals surface area contributed by atoms with Gasteiger partial charge in [-0.2, -0.15) is 0 Å². The topological polar surface area (TPSA) is 30.7 Å². The number of carbonyl (C=O) groups excluding carboxylic acids is 1. The van der Waals surface area contributed by atoms with E-state index >= 15 is 0 Å². The zero-order valence-electron chi connectivity index (χ0n) is 18.3. The van der Waals surface area contributed by atoms with Gasteiger partial charge in [-0.15, -0.1) is 0 Å². The van der Waals surface area contributed by atoms with Crippen LogP contribution in [0.3, 0.4) is 0 Å². The molecule has 0 atom stereocenters. The number of ketones is 1. The maximum atomic E-state index is 11.6. The van der Waals surface area contributed by atoms with Crippen molar-refractivity contribution in [2.24, 2.45) is 0 Å². The van der Waals surface area contributed by atoms with E-state index in [4.69, 9.17) is 4.74 Å². The second-order valence-electron chi connectivity index (χ2n) is 7.92. The number of rotatable bonds is 13. The van der Waals surface area contributed by atoms with E-state index in [0.29, 0.717) is 5.76 Å². The van der Waals surface area contributed by atoms with E-state index in [0.717, 1.165) is 5.57 Å². The summed E-state index contributed by atoms with van der Waals surface area (Å²) in [5.74, 6) is 0.306. The Kier molecular flexibility index (Phi) is 11.1. The summed E-state index contributed by atoms with van der Waals surface area (Å²) in [5.41, 5.74) is 2.14. The van der Waals surface area contributed by atoms with Gasteiger partial charge in [0.2, 0.25) is 5.78 Å². The third-order valence-electron chi connectivity index (χ3n) is 5.45. The van der Waals surface area contributed by atoms with Crippen LogP contribution < -0.4 is 4.90 Å². The number of unbranched alkanes of at least 4 members (excludes halogenated alkanes) is 9. The molecule has 0 saturated heterocycles. The van der Waals surface area contributed by atoms with Gasteiger partial charge in [-0.05, 0) is 48.3 Å². The molecule has 2 rings (SSSR count). The van der Waals surface area contributed by atoms with Crippen LogP contribution in [0.1, 0.15) is 71.1 Å². The first-order chi connectivity index (χ1) is 14.2. The van der Waals surface area contributed by atoms with E-state index < -0.39 is 0 Å². The molecule has 29 heavy (non-hydrogen) atoms. The Balaban J connectivity index is 1.61. The second kappa shape index (κ2) is 13.9. The fraction of sp³-hybridized carbons (Fsp3) is 0.500. The summed E-state index contributed by atoms with van der Waals surface area (Å²) >= 11 is 0. The van der Waals surface area contributed by atoms with E-state index in [2.05, 4.69) is 37.6 Å². The normalized spacial score (nSPS) is 19.7. The monoisotopic (exact) mass is 396 g/mol. The van der Waals surface area contributed by atoms with Gasteiger partial charge < -0.3 is 4.74 Å². The molecule has 158 valence electrons. The summed E-state index contributed by atoms with van der Waals surface area (Å²) in [4.78, 5) is 13.0. The Bertz CT molecular complexity index is 675. The molecule has 3 nitrogen and oxygen atoms in total. The predicted octanol–water partition coefficient (Wildman–Crippen LogP) is 5.36. The zero-order valence-corrected chi connectivity index (χ0v) is 18.3. The van der Waals surface area contributed by atoms with Crippen LogP contribution >= 0.6 is 0 Å². The Labute approximate surface area is 177 Å². The molecule has 0 radical (unpaired) electrons. The number of quaternary nitrogens is 1. The van der Waals surface area contributed by atoms with E-state index in [9.17, 15) is 4.79 Å². The minimum absolute atomic E-state index is 0.0824. The van der Waals surface area contributed by atoms with Gasteiger partial charge in [0, 0.05) is 0 Å². The Morgan fingerprint density at radius 1 is 0.793 bits per heavy atom. The predicted molar refractivity (Wildman–Crippen MR) is 121 cm³/mol. The molecule has 0 spiro atoms. The lowest BCUT2D eigenvalue weighted by Crippen LogP contribution is -3.03. The first-order valence-electron chi connectivity index (χ1n) is 11.3. The lowest BCUT2D eigenvalue weighted by Gasteiger charge is -2.13. The molecule has 3 heteroatoms. The van der Waals surface area contributed by atoms with Crippen LogP contribution in [0.2, 0.25) is 0 Å². The third-order valence-corrected chi connectivity index (χ3v) is 5.45. The summed E-state index contributed by atoms with van der Waals surface area (Å²) in [7, 11) is 1.53. The number of methoxy groups -OCH3 is 1. The van der Waals surface area contributed by atoms with Gasteiger partial charge in [0.05, 0.1) is 26.1 Å². The van der Waals surface area contributed by atoms with Gasteiger partial charge in [0.15, 0.2) is 5.76 Å². The van der Waals surface area contributed by atoms with E-state index in [-0.39, 0.29) is 5.78 Å². The van der Waals surface area contributed by atoms with Gasteiger partial charge in [-0.3, -0.25) is 9.69 Å². The average Bonchev–Trinajstić information content (AvgIpc) is 2.75. The standard InChI is InChI=1S/C26H37NO2/c1-3-4-5-6-7-8-9-10-11-12-19-27-20-17-23(18-21-27)13-14-24-15-16-25(28)26(22-24)29-2/h13-18,20-22H,3-12,19H2,1-2H3/p+1. The number of carbonyl (C=O) groups is 1. The molecule has 0 unspecified atom stereocenters. The van der Waals surface area contributed by atoms with Crippen LogP contribution in [0.4, 0.5) is 0 Å². The van der Waals surface area contributed by atoms with Crippen molar-refractivity contribution in [1.82, 2.24) is 0 Å². The van der Waals surface area contributed by atoms with Crippen molar-refractivity contribution in [1.29, 1.82) is 0 Å². The fourth-order valence-corrected chi connectivity index (χ4v) is 3.59. The van der Waals surface area contributed by atoms with Crippen LogP contribution in [0.5, 0.6) is 0 Å². The third kappa shape index (κ3) is 9.27. The zero-order chi connectivity index (χ0) is 20.7. The van der Waals surface area contributed by atoms with Crippen LogP contribution in [0.15, 0.2) is 71.8 Å². The highest BCUT2D eigenvalue weighted by molar-refractivity contribution is 6.04. The molecule has 0 aromatic rings. The number of hydrogen-bond acceptors (Lipinski definition) is 2. The fourth-order valence-electron chi connectivity index (χ4n) is 3.59. The van der Waals surface area contributed by atoms with Gasteiger partial charge in [-0.25, -0.2) is 0 Å². The molecule has 0 amide bonds. The molecule has 0 bridgehead atoms. The molecule has 0 aromatic heterocycles. The van der Waals surface area contributed by atoms with Crippen LogP contribution in [-0.2, 0) is 9.53 Å². The van der Waals surface area contributed by atoms with Crippen molar-refractivity contribution in [3.8, 4) is 0 Å². The van der Waals surface area contributed by atoms with Crippen LogP contribution in [0, 0.1) is 0 Å². The minimum atomic E-state index is -0.0824. The van der Waals surface area contributed by atoms with Crippen molar-refractivity contribution < 1.29 is 14.4 Å². The number of hydrogen-bond donors (Lipinski definition) is 1. The van der Waals surface area contributed by atoms with E-state index in [1.54, 1.807) is 12.2 Å². The first-order valence-corrected chi connectivity index (χ1v) is 11.3. The van der Waals surface area contributed by atoms with Gasteiger partial charge in [0.1, 0.15) is 0 Å². The number of nitrogens with one attached hydrogen (secondary N) is 1.